The topological polar surface area (TPSA) is 125 Å². The van der Waals surface area contributed by atoms with Crippen LogP contribution in [0.25, 0.3) is 0 Å². The fourth-order valence-corrected chi connectivity index (χ4v) is 4.03. The first-order chi connectivity index (χ1) is 14.8. The number of unbranched alkanes of at least 4 members (excludes halogenated alkanes) is 2. The Kier molecular flexibility index (Phi) is 8.95. The van der Waals surface area contributed by atoms with Gasteiger partial charge in [0.05, 0.1) is 10.8 Å². The molecule has 9 nitrogen and oxygen atoms in total. The average Bonchev–Trinajstić information content (AvgIpc) is 2.75. The summed E-state index contributed by atoms with van der Waals surface area (Å²) >= 11 is 0. The molecule has 0 aliphatic heterocycles. The molecule has 0 radical (unpaired) electrons. The molecule has 168 valence electrons. The molecule has 0 saturated heterocycles. The molecule has 2 aromatic carbocycles. The van der Waals surface area contributed by atoms with Crippen LogP contribution in [0.4, 0.5) is 5.69 Å². The Labute approximate surface area is 182 Å². The maximum absolute atomic E-state index is 13.1. The summed E-state index contributed by atoms with van der Waals surface area (Å²) in [7, 11) is -4.13. The zero-order valence-corrected chi connectivity index (χ0v) is 18.4. The molecule has 31 heavy (non-hydrogen) atoms. The Morgan fingerprint density at radius 3 is 2.39 bits per heavy atom. The quantitative estimate of drug-likeness (QED) is 0.261. The molecule has 0 unspecified atom stereocenters. The predicted octanol–water partition coefficient (Wildman–Crippen LogP) is 4.54. The van der Waals surface area contributed by atoms with E-state index < -0.39 is 16.0 Å². The number of carboxylic acids is 1. The summed E-state index contributed by atoms with van der Waals surface area (Å²) < 4.78 is 34.5. The third-order valence-electron chi connectivity index (χ3n) is 4.46. The highest BCUT2D eigenvalue weighted by Gasteiger charge is 2.28. The zero-order chi connectivity index (χ0) is 22.9. The van der Waals surface area contributed by atoms with Crippen molar-refractivity contribution >= 4 is 21.7 Å². The number of benzene rings is 2. The summed E-state index contributed by atoms with van der Waals surface area (Å²) in [5.74, 6) is -1.16. The second kappa shape index (κ2) is 11.4. The van der Waals surface area contributed by atoms with Crippen molar-refractivity contribution in [3.8, 4) is 11.5 Å². The van der Waals surface area contributed by atoms with Crippen LogP contribution in [-0.2, 0) is 10.0 Å². The van der Waals surface area contributed by atoms with E-state index in [1.54, 1.807) is 30.3 Å². The van der Waals surface area contributed by atoms with Crippen molar-refractivity contribution < 1.29 is 23.1 Å². The van der Waals surface area contributed by atoms with Crippen LogP contribution < -0.4 is 14.5 Å². The number of nitroso groups, excluding NO2 is 1. The van der Waals surface area contributed by atoms with Gasteiger partial charge < -0.3 is 9.84 Å². The van der Waals surface area contributed by atoms with Crippen molar-refractivity contribution in [1.29, 1.82) is 0 Å². The zero-order valence-electron chi connectivity index (χ0n) is 17.6. The Hall–Kier alpha value is -2.98. The van der Waals surface area contributed by atoms with E-state index in [9.17, 15) is 23.2 Å². The average molecular weight is 450 g/mol. The largest absolute Gasteiger partial charge is 0.478 e. The molecular weight excluding hydrogens is 422 g/mol. The van der Waals surface area contributed by atoms with Crippen LogP contribution in [0.3, 0.4) is 0 Å². The van der Waals surface area contributed by atoms with Gasteiger partial charge in [-0.2, -0.15) is 0 Å². The smallest absolute Gasteiger partial charge is 0.335 e. The molecule has 2 aromatic rings. The maximum Gasteiger partial charge on any atom is 0.335 e. The third kappa shape index (κ3) is 6.50. The molecule has 2 N–H and O–H groups in total. The first-order valence-corrected chi connectivity index (χ1v) is 11.6. The Morgan fingerprint density at radius 1 is 1.13 bits per heavy atom. The lowest BCUT2D eigenvalue weighted by Gasteiger charge is -2.22. The van der Waals surface area contributed by atoms with Crippen molar-refractivity contribution in [3.63, 3.8) is 0 Å². The lowest BCUT2D eigenvalue weighted by atomic mass is 10.1. The second-order valence-corrected chi connectivity index (χ2v) is 8.59. The Balaban J connectivity index is 2.71. The van der Waals surface area contributed by atoms with Crippen LogP contribution in [0.1, 0.15) is 49.9 Å². The fourth-order valence-electron chi connectivity index (χ4n) is 2.79. The van der Waals surface area contributed by atoms with Crippen molar-refractivity contribution in [2.45, 2.75) is 44.4 Å². The van der Waals surface area contributed by atoms with E-state index in [2.05, 4.69) is 10.0 Å². The molecular formula is C21H27N3O6S. The van der Waals surface area contributed by atoms with Gasteiger partial charge in [0.25, 0.3) is 0 Å². The summed E-state index contributed by atoms with van der Waals surface area (Å²) in [5, 5.41) is 13.6. The normalized spacial score (nSPS) is 11.2. The van der Waals surface area contributed by atoms with Gasteiger partial charge >= 0.3 is 5.97 Å². The molecule has 0 atom stereocenters. The number of nitrogens with one attached hydrogen (secondary N) is 1. The minimum absolute atomic E-state index is 0.0249. The van der Waals surface area contributed by atoms with E-state index in [0.717, 1.165) is 23.9 Å². The first-order valence-electron chi connectivity index (χ1n) is 10.1. The maximum atomic E-state index is 13.1. The van der Waals surface area contributed by atoms with Gasteiger partial charge in [-0.25, -0.2) is 22.9 Å². The van der Waals surface area contributed by atoms with Gasteiger partial charge in [0.2, 0.25) is 10.0 Å². The number of ether oxygens (including phenoxy) is 1. The fraction of sp³-hybridized carbons (Fsp3) is 0.381. The molecule has 0 amide bonds. The number of carbonyl (C=O) groups is 1. The number of carboxylic acid groups (broad SMARTS) is 1. The van der Waals surface area contributed by atoms with Crippen LogP contribution in [0.15, 0.2) is 52.6 Å². The van der Waals surface area contributed by atoms with Crippen molar-refractivity contribution in [2.24, 2.45) is 5.29 Å². The van der Waals surface area contributed by atoms with Gasteiger partial charge in [-0.05, 0) is 37.1 Å². The number of sulfonamides is 1. The molecule has 0 fully saturated rings. The van der Waals surface area contributed by atoms with Crippen LogP contribution in [0, 0.1) is 4.91 Å². The molecule has 0 heterocycles. The van der Waals surface area contributed by atoms with E-state index in [1.807, 2.05) is 13.8 Å². The van der Waals surface area contributed by atoms with Gasteiger partial charge in [-0.1, -0.05) is 44.9 Å². The van der Waals surface area contributed by atoms with Crippen LogP contribution >= 0.6 is 0 Å². The van der Waals surface area contributed by atoms with Gasteiger partial charge in [0, 0.05) is 13.1 Å². The highest BCUT2D eigenvalue weighted by Crippen LogP contribution is 2.40. The van der Waals surface area contributed by atoms with E-state index in [-0.39, 0.29) is 35.0 Å². The Morgan fingerprint density at radius 2 is 1.81 bits per heavy atom. The van der Waals surface area contributed by atoms with E-state index in [4.69, 9.17) is 4.74 Å². The Bertz CT molecular complexity index is 996. The number of hydrogen-bond acceptors (Lipinski definition) is 6. The number of anilines is 1. The number of para-hydroxylation sites is 1. The number of aromatic carboxylic acids is 1. The standard InChI is InChI=1S/C21H27N3O6S/c1-3-5-12-22-31(28,29)19-15-16(21(25)26)14-18(24(23-27)13-6-4-2)20(19)30-17-10-8-7-9-11-17/h7-11,14-15,22H,3-6,12-13H2,1-2H3,(H,25,26). The van der Waals surface area contributed by atoms with Crippen molar-refractivity contribution in [2.75, 3.05) is 18.1 Å². The molecule has 0 bridgehead atoms. The van der Waals surface area contributed by atoms with E-state index in [0.29, 0.717) is 18.6 Å². The van der Waals surface area contributed by atoms with Crippen LogP contribution in [-0.4, -0.2) is 32.6 Å². The summed E-state index contributed by atoms with van der Waals surface area (Å²) in [6, 6.07) is 10.7. The lowest BCUT2D eigenvalue weighted by molar-refractivity contribution is 0.0696. The van der Waals surface area contributed by atoms with E-state index in [1.165, 1.54) is 6.07 Å². The summed E-state index contributed by atoms with van der Waals surface area (Å²) in [4.78, 5) is 22.9. The molecule has 0 aliphatic rings. The molecule has 0 saturated carbocycles. The number of nitrogens with zero attached hydrogens (tertiary/aromatic N) is 2. The predicted molar refractivity (Wildman–Crippen MR) is 118 cm³/mol. The molecule has 0 spiro atoms. The summed E-state index contributed by atoms with van der Waals surface area (Å²) in [5.41, 5.74) is -0.320. The highest BCUT2D eigenvalue weighted by atomic mass is 32.2. The minimum Gasteiger partial charge on any atom is -0.478 e. The molecule has 10 heteroatoms. The molecule has 2 rings (SSSR count). The van der Waals surface area contributed by atoms with Crippen LogP contribution in [0.2, 0.25) is 0 Å². The van der Waals surface area contributed by atoms with Gasteiger partial charge in [0.1, 0.15) is 16.3 Å². The summed E-state index contributed by atoms with van der Waals surface area (Å²) in [6.07, 6.45) is 2.72. The third-order valence-corrected chi connectivity index (χ3v) is 5.92. The number of rotatable bonds is 13. The van der Waals surface area contributed by atoms with E-state index >= 15 is 0 Å². The second-order valence-electron chi connectivity index (χ2n) is 6.85. The van der Waals surface area contributed by atoms with Gasteiger partial charge in [-0.15, -0.1) is 4.91 Å². The summed E-state index contributed by atoms with van der Waals surface area (Å²) in [6.45, 7) is 4.20. The van der Waals surface area contributed by atoms with Gasteiger partial charge in [0.15, 0.2) is 5.75 Å². The molecule has 0 aromatic heterocycles. The monoisotopic (exact) mass is 449 g/mol. The van der Waals surface area contributed by atoms with Crippen molar-refractivity contribution in [3.05, 3.63) is 52.9 Å². The number of hydrogen-bond donors (Lipinski definition) is 2. The molecule has 0 aliphatic carbocycles. The SMILES string of the molecule is CCCCNS(=O)(=O)c1cc(C(=O)O)cc(N(CCCC)N=O)c1Oc1ccccc1. The van der Waals surface area contributed by atoms with Crippen molar-refractivity contribution in [1.82, 2.24) is 4.72 Å². The minimum atomic E-state index is -4.13. The van der Waals surface area contributed by atoms with Crippen LogP contribution in [0.5, 0.6) is 11.5 Å². The lowest BCUT2D eigenvalue weighted by Crippen LogP contribution is -2.26. The van der Waals surface area contributed by atoms with Gasteiger partial charge in [-0.3, -0.25) is 0 Å². The highest BCUT2D eigenvalue weighted by molar-refractivity contribution is 7.89. The first kappa shape index (κ1) is 24.3.